The molecular weight excluding hydrogens is 390 g/mol. The number of nitrogens with one attached hydrogen (secondary N) is 2. The molecule has 0 radical (unpaired) electrons. The molecule has 2 aromatic heterocycles. The first-order chi connectivity index (χ1) is 13.8. The van der Waals surface area contributed by atoms with Crippen molar-refractivity contribution in [3.8, 4) is 22.4 Å². The first-order valence-corrected chi connectivity index (χ1v) is 9.58. The Morgan fingerprint density at radius 3 is 2.41 bits per heavy atom. The van der Waals surface area contributed by atoms with E-state index in [0.717, 1.165) is 22.4 Å². The summed E-state index contributed by atoms with van der Waals surface area (Å²) in [6.45, 7) is 6.30. The summed E-state index contributed by atoms with van der Waals surface area (Å²) < 4.78 is 5.30. The van der Waals surface area contributed by atoms with Crippen LogP contribution in [0.25, 0.3) is 22.4 Å². The minimum Gasteiger partial charge on any atom is -0.444 e. The summed E-state index contributed by atoms with van der Waals surface area (Å²) in [6.07, 6.45) is 2.23. The zero-order valence-corrected chi connectivity index (χ0v) is 17.3. The third-order valence-electron chi connectivity index (χ3n) is 4.55. The molecular formula is C21H24ClN5O2. The highest BCUT2D eigenvalue weighted by atomic mass is 35.5. The Hall–Kier alpha value is -3.06. The number of benzene rings is 1. The molecule has 3 aromatic rings. The predicted molar refractivity (Wildman–Crippen MR) is 115 cm³/mol. The van der Waals surface area contributed by atoms with Crippen LogP contribution < -0.4 is 11.1 Å². The molecule has 0 saturated heterocycles. The molecule has 4 N–H and O–H groups in total. The van der Waals surface area contributed by atoms with Gasteiger partial charge in [-0.15, -0.1) is 0 Å². The van der Waals surface area contributed by atoms with Crippen LogP contribution in [0.1, 0.15) is 20.8 Å². The first kappa shape index (κ1) is 20.7. The van der Waals surface area contributed by atoms with Gasteiger partial charge in [0.1, 0.15) is 6.10 Å². The highest BCUT2D eigenvalue weighted by Gasteiger charge is 2.28. The van der Waals surface area contributed by atoms with Crippen molar-refractivity contribution < 1.29 is 9.53 Å². The average molecular weight is 414 g/mol. The lowest BCUT2D eigenvalue weighted by Gasteiger charge is -2.29. The van der Waals surface area contributed by atoms with Gasteiger partial charge in [0.25, 0.3) is 0 Å². The van der Waals surface area contributed by atoms with Crippen molar-refractivity contribution >= 4 is 23.5 Å². The van der Waals surface area contributed by atoms with Gasteiger partial charge >= 0.3 is 6.09 Å². The molecule has 0 aliphatic heterocycles. The van der Waals surface area contributed by atoms with E-state index in [1.807, 2.05) is 57.2 Å². The maximum absolute atomic E-state index is 11.3. The molecule has 2 heterocycles. The molecule has 7 nitrogen and oxygen atoms in total. The Morgan fingerprint density at radius 1 is 1.17 bits per heavy atom. The maximum Gasteiger partial charge on any atom is 0.404 e. The quantitative estimate of drug-likeness (QED) is 0.542. The summed E-state index contributed by atoms with van der Waals surface area (Å²) in [6, 6.07) is 11.3. The molecule has 3 rings (SSSR count). The number of aromatic nitrogens is 3. The highest BCUT2D eigenvalue weighted by Crippen LogP contribution is 2.36. The van der Waals surface area contributed by atoms with Gasteiger partial charge in [-0.2, -0.15) is 5.10 Å². The van der Waals surface area contributed by atoms with E-state index in [2.05, 4.69) is 20.5 Å². The topological polar surface area (TPSA) is 106 Å². The summed E-state index contributed by atoms with van der Waals surface area (Å²) in [4.78, 5) is 15.4. The predicted octanol–water partition coefficient (Wildman–Crippen LogP) is 4.71. The second kappa shape index (κ2) is 8.53. The molecule has 0 saturated carbocycles. The molecule has 1 atom stereocenters. The summed E-state index contributed by atoms with van der Waals surface area (Å²) in [5.41, 5.74) is 8.58. The maximum atomic E-state index is 11.3. The number of hydrogen-bond acceptors (Lipinski definition) is 5. The van der Waals surface area contributed by atoms with Crippen molar-refractivity contribution in [1.29, 1.82) is 0 Å². The van der Waals surface area contributed by atoms with E-state index in [9.17, 15) is 4.79 Å². The molecule has 0 fully saturated rings. The van der Waals surface area contributed by atoms with Crippen LogP contribution in [0.4, 0.5) is 10.6 Å². The number of primary amides is 1. The molecule has 8 heteroatoms. The molecule has 0 aliphatic carbocycles. The number of rotatable bonds is 6. The van der Waals surface area contributed by atoms with E-state index in [1.165, 1.54) is 0 Å². The lowest BCUT2D eigenvalue weighted by atomic mass is 9.89. The Kier molecular flexibility index (Phi) is 6.08. The number of nitrogens with two attached hydrogens (primary N) is 1. The lowest BCUT2D eigenvalue weighted by Crippen LogP contribution is -2.39. The van der Waals surface area contributed by atoms with E-state index in [-0.39, 0.29) is 5.41 Å². The Labute approximate surface area is 174 Å². The summed E-state index contributed by atoms with van der Waals surface area (Å²) in [5.74, 6) is 0.642. The fourth-order valence-electron chi connectivity index (χ4n) is 2.95. The second-order valence-electron chi connectivity index (χ2n) is 7.74. The fraction of sp³-hybridized carbons (Fsp3) is 0.286. The molecule has 152 valence electrons. The van der Waals surface area contributed by atoms with E-state index >= 15 is 0 Å². The van der Waals surface area contributed by atoms with Crippen LogP contribution in [0.15, 0.2) is 48.8 Å². The van der Waals surface area contributed by atoms with E-state index in [1.54, 1.807) is 12.4 Å². The van der Waals surface area contributed by atoms with Crippen LogP contribution in [-0.2, 0) is 4.74 Å². The molecule has 0 bridgehead atoms. The number of ether oxygens (including phenoxy) is 1. The van der Waals surface area contributed by atoms with Crippen molar-refractivity contribution in [1.82, 2.24) is 15.2 Å². The monoisotopic (exact) mass is 413 g/mol. The van der Waals surface area contributed by atoms with Gasteiger partial charge in [-0.25, -0.2) is 4.79 Å². The molecule has 1 unspecified atom stereocenters. The molecule has 1 amide bonds. The summed E-state index contributed by atoms with van der Waals surface area (Å²) >= 11 is 6.03. The summed E-state index contributed by atoms with van der Waals surface area (Å²) in [7, 11) is 0. The molecule has 29 heavy (non-hydrogen) atoms. The number of pyridine rings is 1. The normalized spacial score (nSPS) is 12.4. The smallest absolute Gasteiger partial charge is 0.404 e. The molecule has 0 spiro atoms. The van der Waals surface area contributed by atoms with Crippen molar-refractivity contribution in [3.05, 3.63) is 53.8 Å². The third-order valence-corrected chi connectivity index (χ3v) is 4.80. The van der Waals surface area contributed by atoms with Gasteiger partial charge in [0.15, 0.2) is 5.82 Å². The van der Waals surface area contributed by atoms with E-state index < -0.39 is 12.2 Å². The minimum atomic E-state index is -0.801. The van der Waals surface area contributed by atoms with Crippen LogP contribution in [0.3, 0.4) is 0 Å². The van der Waals surface area contributed by atoms with Gasteiger partial charge in [0.2, 0.25) is 0 Å². The van der Waals surface area contributed by atoms with Crippen LogP contribution in [0, 0.1) is 5.41 Å². The van der Waals surface area contributed by atoms with Crippen LogP contribution in [0.5, 0.6) is 0 Å². The van der Waals surface area contributed by atoms with E-state index in [0.29, 0.717) is 17.4 Å². The van der Waals surface area contributed by atoms with Crippen LogP contribution >= 0.6 is 11.6 Å². The van der Waals surface area contributed by atoms with Gasteiger partial charge < -0.3 is 15.8 Å². The van der Waals surface area contributed by atoms with Gasteiger partial charge in [0, 0.05) is 28.4 Å². The zero-order valence-electron chi connectivity index (χ0n) is 16.6. The standard InChI is InChI=1S/C21H24ClN5O2/c1-21(2,3)16(29-20(23)28)12-25-19-17(13-8-10-24-11-9-13)18(26-27-19)14-4-6-15(22)7-5-14/h4-11,16H,12H2,1-3H3,(H2,23,28)(H2,25,26,27). The fourth-order valence-corrected chi connectivity index (χ4v) is 3.08. The number of carbonyl (C=O) groups is 1. The third kappa shape index (κ3) is 5.06. The number of nitrogens with zero attached hydrogens (tertiary/aromatic N) is 2. The Morgan fingerprint density at radius 2 is 1.83 bits per heavy atom. The van der Waals surface area contributed by atoms with Gasteiger partial charge in [-0.3, -0.25) is 10.1 Å². The van der Waals surface area contributed by atoms with E-state index in [4.69, 9.17) is 22.1 Å². The summed E-state index contributed by atoms with van der Waals surface area (Å²) in [5, 5.41) is 11.5. The van der Waals surface area contributed by atoms with Crippen molar-refractivity contribution in [2.24, 2.45) is 11.1 Å². The SMILES string of the molecule is CC(C)(C)C(CNc1n[nH]c(-c2ccc(Cl)cc2)c1-c1ccncc1)OC(N)=O. The minimum absolute atomic E-state index is 0.297. The van der Waals surface area contributed by atoms with Crippen LogP contribution in [0.2, 0.25) is 5.02 Å². The number of carbonyl (C=O) groups excluding carboxylic acids is 1. The molecule has 0 aliphatic rings. The van der Waals surface area contributed by atoms with Crippen molar-refractivity contribution in [3.63, 3.8) is 0 Å². The van der Waals surface area contributed by atoms with Crippen molar-refractivity contribution in [2.75, 3.05) is 11.9 Å². The van der Waals surface area contributed by atoms with Gasteiger partial charge in [-0.05, 0) is 29.8 Å². The lowest BCUT2D eigenvalue weighted by molar-refractivity contribution is 0.0457. The second-order valence-corrected chi connectivity index (χ2v) is 8.17. The number of anilines is 1. The Bertz CT molecular complexity index is 965. The Balaban J connectivity index is 1.96. The van der Waals surface area contributed by atoms with Crippen molar-refractivity contribution in [2.45, 2.75) is 26.9 Å². The number of hydrogen-bond donors (Lipinski definition) is 3. The molecule has 1 aromatic carbocycles. The number of H-pyrrole nitrogens is 1. The van der Waals surface area contributed by atoms with Crippen LogP contribution in [-0.4, -0.2) is 33.9 Å². The number of amides is 1. The first-order valence-electron chi connectivity index (χ1n) is 9.20. The number of aromatic amines is 1. The number of halogens is 1. The van der Waals surface area contributed by atoms with Gasteiger partial charge in [-0.1, -0.05) is 44.5 Å². The highest BCUT2D eigenvalue weighted by molar-refractivity contribution is 6.30. The average Bonchev–Trinajstić information content (AvgIpc) is 3.09. The van der Waals surface area contributed by atoms with Gasteiger partial charge in [0.05, 0.1) is 17.8 Å². The largest absolute Gasteiger partial charge is 0.444 e. The zero-order chi connectivity index (χ0) is 21.0.